The van der Waals surface area contributed by atoms with Gasteiger partial charge in [0.1, 0.15) is 79.0 Å². The van der Waals surface area contributed by atoms with E-state index < -0.39 is 112 Å². The molecule has 10 N–H and O–H groups in total. The predicted molar refractivity (Wildman–Crippen MR) is 126 cm³/mol. The number of ether oxygens (including phenoxy) is 6. The number of rotatable bonds is 9. The van der Waals surface area contributed by atoms with E-state index in [1.807, 2.05) is 0 Å². The van der Waals surface area contributed by atoms with Gasteiger partial charge in [0.05, 0.1) is 19.8 Å². The molecule has 3 fully saturated rings. The van der Waals surface area contributed by atoms with Crippen LogP contribution in [-0.2, 0) is 23.7 Å². The van der Waals surface area contributed by atoms with Crippen molar-refractivity contribution < 1.29 is 79.5 Å². The topological polar surface area (TPSA) is 258 Å². The summed E-state index contributed by atoms with van der Waals surface area (Å²) in [5, 5.41) is 102. The highest BCUT2D eigenvalue weighted by Gasteiger charge is 2.52. The summed E-state index contributed by atoms with van der Waals surface area (Å²) in [4.78, 5) is 0. The van der Waals surface area contributed by atoms with Crippen LogP contribution in [0.4, 0.5) is 0 Å². The molecule has 3 heterocycles. The summed E-state index contributed by atoms with van der Waals surface area (Å²) in [6, 6.07) is 8.15. The first-order chi connectivity index (χ1) is 19.1. The van der Waals surface area contributed by atoms with Gasteiger partial charge in [-0.05, 0) is 12.1 Å². The predicted octanol–water partition coefficient (Wildman–Crippen LogP) is -5.49. The molecule has 0 aromatic heterocycles. The van der Waals surface area contributed by atoms with Gasteiger partial charge in [-0.25, -0.2) is 0 Å². The van der Waals surface area contributed by atoms with Crippen LogP contribution in [0, 0.1) is 0 Å². The zero-order valence-electron chi connectivity index (χ0n) is 21.1. The Balaban J connectivity index is 1.51. The molecule has 40 heavy (non-hydrogen) atoms. The van der Waals surface area contributed by atoms with Crippen molar-refractivity contribution in [1.29, 1.82) is 0 Å². The van der Waals surface area contributed by atoms with Gasteiger partial charge in [-0.1, -0.05) is 18.2 Å². The second kappa shape index (κ2) is 13.6. The fourth-order valence-corrected chi connectivity index (χ4v) is 4.66. The highest BCUT2D eigenvalue weighted by molar-refractivity contribution is 5.21. The van der Waals surface area contributed by atoms with Crippen LogP contribution >= 0.6 is 0 Å². The Labute approximate surface area is 228 Å². The first-order valence-electron chi connectivity index (χ1n) is 12.7. The van der Waals surface area contributed by atoms with Crippen molar-refractivity contribution in [3.05, 3.63) is 30.3 Å². The Morgan fingerprint density at radius 3 is 1.65 bits per heavy atom. The Kier molecular flexibility index (Phi) is 10.7. The van der Waals surface area contributed by atoms with Gasteiger partial charge in [-0.3, -0.25) is 0 Å². The molecule has 4 rings (SSSR count). The van der Waals surface area contributed by atoms with E-state index >= 15 is 0 Å². The van der Waals surface area contributed by atoms with Gasteiger partial charge < -0.3 is 79.5 Å². The molecule has 16 heteroatoms. The van der Waals surface area contributed by atoms with Gasteiger partial charge >= 0.3 is 0 Å². The van der Waals surface area contributed by atoms with E-state index in [9.17, 15) is 51.1 Å². The van der Waals surface area contributed by atoms with Gasteiger partial charge in [-0.2, -0.15) is 0 Å². The van der Waals surface area contributed by atoms with Gasteiger partial charge in [-0.15, -0.1) is 0 Å². The molecular weight excluding hydrogens is 544 g/mol. The van der Waals surface area contributed by atoms with Crippen LogP contribution in [0.15, 0.2) is 30.3 Å². The molecule has 3 aliphatic heterocycles. The van der Waals surface area contributed by atoms with E-state index in [0.717, 1.165) is 0 Å². The van der Waals surface area contributed by atoms with E-state index in [4.69, 9.17) is 28.4 Å². The summed E-state index contributed by atoms with van der Waals surface area (Å²) in [7, 11) is 0. The van der Waals surface area contributed by atoms with Crippen LogP contribution in [-0.4, -0.2) is 163 Å². The maximum atomic E-state index is 11.1. The lowest BCUT2D eigenvalue weighted by Crippen LogP contribution is -2.65. The maximum Gasteiger partial charge on any atom is 0.229 e. The van der Waals surface area contributed by atoms with E-state index in [-0.39, 0.29) is 5.75 Å². The molecule has 3 saturated heterocycles. The normalized spacial score (nSPS) is 46.2. The highest BCUT2D eigenvalue weighted by Crippen LogP contribution is 2.31. The van der Waals surface area contributed by atoms with E-state index in [0.29, 0.717) is 0 Å². The smallest absolute Gasteiger partial charge is 0.229 e. The number of benzene rings is 1. The minimum absolute atomic E-state index is 0.267. The Bertz CT molecular complexity index is 906. The summed E-state index contributed by atoms with van der Waals surface area (Å²) in [5.74, 6) is 0.267. The quantitative estimate of drug-likeness (QED) is 0.131. The fourth-order valence-electron chi connectivity index (χ4n) is 4.66. The summed E-state index contributed by atoms with van der Waals surface area (Å²) < 4.78 is 33.2. The second-order valence-corrected chi connectivity index (χ2v) is 9.78. The third-order valence-electron chi connectivity index (χ3n) is 7.05. The lowest BCUT2D eigenvalue weighted by Gasteiger charge is -2.46. The fraction of sp³-hybridized carbons (Fsp3) is 0.750. The molecular formula is C24H36O16. The first kappa shape index (κ1) is 31.4. The minimum Gasteiger partial charge on any atom is -0.462 e. The van der Waals surface area contributed by atoms with Crippen LogP contribution < -0.4 is 4.74 Å². The lowest BCUT2D eigenvalue weighted by atomic mass is 9.96. The van der Waals surface area contributed by atoms with Crippen molar-refractivity contribution in [2.45, 2.75) is 92.1 Å². The molecule has 0 bridgehead atoms. The standard InChI is InChI=1S/C24H36O16/c25-6-10-13(27)16(30)18(32)22(37-10)35-8-12-15(29)21(20(34)24(39-12)36-9-4-2-1-3-5-9)40-23-19(33)17(31)14(28)11(7-26)38-23/h1-5,10-34H,6-8H2/t10-,11-,12-,13-,14-,15-,16+,17+,18+,19+,20+,21+,22+,23-,24+/m1/s1. The summed E-state index contributed by atoms with van der Waals surface area (Å²) in [5.41, 5.74) is 0. The summed E-state index contributed by atoms with van der Waals surface area (Å²) >= 11 is 0. The second-order valence-electron chi connectivity index (χ2n) is 9.78. The molecule has 0 aliphatic carbocycles. The van der Waals surface area contributed by atoms with E-state index in [2.05, 4.69) is 0 Å². The number of aliphatic hydroxyl groups is 10. The SMILES string of the molecule is OC[C@H]1O[C@H](OC[C@H]2O[C@H](Oc3ccccc3)[C@@H](O)[C@@H](O[C@H]3O[C@H](CO)[C@@H](O)[C@H](O)[C@@H]3O)[C@@H]2O)[C@@H](O)[C@@H](O)[C@@H]1O. The first-order valence-corrected chi connectivity index (χ1v) is 12.7. The van der Waals surface area contributed by atoms with Crippen LogP contribution in [0.3, 0.4) is 0 Å². The third kappa shape index (κ3) is 6.57. The molecule has 15 atom stereocenters. The van der Waals surface area contributed by atoms with Crippen molar-refractivity contribution in [2.24, 2.45) is 0 Å². The van der Waals surface area contributed by atoms with Crippen molar-refractivity contribution in [2.75, 3.05) is 19.8 Å². The number of hydrogen-bond donors (Lipinski definition) is 10. The lowest BCUT2D eigenvalue weighted by molar-refractivity contribution is -0.358. The monoisotopic (exact) mass is 580 g/mol. The molecule has 3 aliphatic rings. The molecule has 1 aromatic carbocycles. The summed E-state index contributed by atoms with van der Waals surface area (Å²) in [6.07, 6.45) is -24.1. The van der Waals surface area contributed by atoms with Gasteiger partial charge in [0.15, 0.2) is 12.6 Å². The maximum absolute atomic E-state index is 11.1. The van der Waals surface area contributed by atoms with Crippen molar-refractivity contribution in [3.63, 3.8) is 0 Å². The van der Waals surface area contributed by atoms with Crippen LogP contribution in [0.2, 0.25) is 0 Å². The van der Waals surface area contributed by atoms with Gasteiger partial charge in [0.25, 0.3) is 0 Å². The van der Waals surface area contributed by atoms with Crippen LogP contribution in [0.1, 0.15) is 0 Å². The number of aliphatic hydroxyl groups excluding tert-OH is 10. The van der Waals surface area contributed by atoms with Gasteiger partial charge in [0, 0.05) is 0 Å². The zero-order valence-corrected chi connectivity index (χ0v) is 21.1. The molecule has 0 amide bonds. The molecule has 0 unspecified atom stereocenters. The molecule has 16 nitrogen and oxygen atoms in total. The Morgan fingerprint density at radius 2 is 1.07 bits per heavy atom. The number of para-hydroxylation sites is 1. The summed E-state index contributed by atoms with van der Waals surface area (Å²) in [6.45, 7) is -1.99. The minimum atomic E-state index is -1.84. The van der Waals surface area contributed by atoms with Crippen molar-refractivity contribution in [1.82, 2.24) is 0 Å². The largest absolute Gasteiger partial charge is 0.462 e. The third-order valence-corrected chi connectivity index (χ3v) is 7.05. The van der Waals surface area contributed by atoms with Crippen LogP contribution in [0.25, 0.3) is 0 Å². The zero-order chi connectivity index (χ0) is 29.1. The average Bonchev–Trinajstić information content (AvgIpc) is 2.96. The van der Waals surface area contributed by atoms with Crippen molar-refractivity contribution in [3.8, 4) is 5.75 Å². The van der Waals surface area contributed by atoms with Crippen molar-refractivity contribution >= 4 is 0 Å². The highest BCUT2D eigenvalue weighted by atomic mass is 16.7. The van der Waals surface area contributed by atoms with E-state index in [1.165, 1.54) is 0 Å². The molecule has 1 aromatic rings. The average molecular weight is 581 g/mol. The molecule has 0 saturated carbocycles. The van der Waals surface area contributed by atoms with Crippen LogP contribution in [0.5, 0.6) is 5.75 Å². The Hall–Kier alpha value is -1.58. The molecule has 228 valence electrons. The van der Waals surface area contributed by atoms with Gasteiger partial charge in [0.2, 0.25) is 6.29 Å². The number of hydrogen-bond acceptors (Lipinski definition) is 16. The van der Waals surface area contributed by atoms with E-state index in [1.54, 1.807) is 30.3 Å². The molecule has 0 spiro atoms. The molecule has 0 radical (unpaired) electrons. The Morgan fingerprint density at radius 1 is 0.550 bits per heavy atom.